The fourth-order valence-corrected chi connectivity index (χ4v) is 2.14. The number of rotatable bonds is 8. The Morgan fingerprint density at radius 1 is 0.966 bits per heavy atom. The summed E-state index contributed by atoms with van der Waals surface area (Å²) in [5.41, 5.74) is 0.766. The van der Waals surface area contributed by atoms with Gasteiger partial charge in [0.15, 0.2) is 6.61 Å². The van der Waals surface area contributed by atoms with E-state index in [-0.39, 0.29) is 17.9 Å². The topological polar surface area (TPSA) is 103 Å². The second kappa shape index (κ2) is 10.6. The van der Waals surface area contributed by atoms with Crippen molar-refractivity contribution in [3.63, 3.8) is 0 Å². The molecule has 2 N–H and O–H groups in total. The van der Waals surface area contributed by atoms with Gasteiger partial charge >= 0.3 is 18.7 Å². The van der Waals surface area contributed by atoms with Crippen molar-refractivity contribution in [3.05, 3.63) is 54.1 Å². The van der Waals surface area contributed by atoms with Gasteiger partial charge in [0.05, 0.1) is 12.2 Å². The number of nitrogens with one attached hydrogen (secondary N) is 2. The largest absolute Gasteiger partial charge is 0.452 e. The second-order valence-electron chi connectivity index (χ2n) is 5.45. The highest BCUT2D eigenvalue weighted by Crippen LogP contribution is 2.17. The molecule has 2 aromatic carbocycles. The predicted octanol–water partition coefficient (Wildman–Crippen LogP) is 3.65. The Morgan fingerprint density at radius 3 is 2.34 bits per heavy atom. The summed E-state index contributed by atoms with van der Waals surface area (Å²) in [6.45, 7) is -1.65. The summed E-state index contributed by atoms with van der Waals surface area (Å²) >= 11 is 0. The van der Waals surface area contributed by atoms with Gasteiger partial charge in [0, 0.05) is 11.4 Å². The molecule has 2 amide bonds. The minimum Gasteiger partial charge on any atom is -0.452 e. The third kappa shape index (κ3) is 7.45. The Labute approximate surface area is 164 Å². The summed E-state index contributed by atoms with van der Waals surface area (Å²) in [4.78, 5) is 35.4. The first kappa shape index (κ1) is 21.6. The average Bonchev–Trinajstić information content (AvgIpc) is 2.67. The van der Waals surface area contributed by atoms with Crippen LogP contribution in [-0.2, 0) is 14.3 Å². The summed E-state index contributed by atoms with van der Waals surface area (Å²) < 4.78 is 38.1. The van der Waals surface area contributed by atoms with Crippen LogP contribution >= 0.6 is 0 Å². The third-order valence-corrected chi connectivity index (χ3v) is 3.32. The van der Waals surface area contributed by atoms with E-state index < -0.39 is 31.2 Å². The molecule has 0 aliphatic rings. The molecule has 0 bridgehead atoms. The number of carbonyl (C=O) groups excluding carboxylic acids is 3. The lowest BCUT2D eigenvalue weighted by Crippen LogP contribution is -2.21. The first-order valence-electron chi connectivity index (χ1n) is 8.43. The zero-order valence-corrected chi connectivity index (χ0v) is 15.3. The van der Waals surface area contributed by atoms with Crippen LogP contribution in [0.25, 0.3) is 0 Å². The van der Waals surface area contributed by atoms with E-state index in [4.69, 9.17) is 9.47 Å². The zero-order valence-electron chi connectivity index (χ0n) is 15.3. The number of carbonyl (C=O) groups is 3. The van der Waals surface area contributed by atoms with E-state index >= 15 is 0 Å². The molecule has 0 aromatic heterocycles. The van der Waals surface area contributed by atoms with E-state index in [1.54, 1.807) is 13.0 Å². The number of anilines is 2. The monoisotopic (exact) mass is 408 g/mol. The Balaban J connectivity index is 1.85. The molecule has 0 saturated carbocycles. The summed E-state index contributed by atoms with van der Waals surface area (Å²) in [6, 6.07) is 11.2. The number of hydrogen-bond donors (Lipinski definition) is 2. The molecule has 0 fully saturated rings. The van der Waals surface area contributed by atoms with Crippen LogP contribution in [0, 0.1) is 0 Å². The van der Waals surface area contributed by atoms with Gasteiger partial charge in [0.1, 0.15) is 5.75 Å². The van der Waals surface area contributed by atoms with Crippen molar-refractivity contribution >= 4 is 29.3 Å². The highest BCUT2D eigenvalue weighted by molar-refractivity contribution is 5.96. The lowest BCUT2D eigenvalue weighted by Gasteiger charge is -2.09. The summed E-state index contributed by atoms with van der Waals surface area (Å²) in [6.07, 6.45) is -0.664. The third-order valence-electron chi connectivity index (χ3n) is 3.32. The minimum absolute atomic E-state index is 0.0549. The summed E-state index contributed by atoms with van der Waals surface area (Å²) in [5, 5.41) is 4.89. The van der Waals surface area contributed by atoms with Crippen molar-refractivity contribution in [2.45, 2.75) is 13.5 Å². The van der Waals surface area contributed by atoms with Gasteiger partial charge in [0.2, 0.25) is 0 Å². The fourth-order valence-electron chi connectivity index (χ4n) is 2.14. The lowest BCUT2D eigenvalue weighted by molar-refractivity contribution is -0.119. The Morgan fingerprint density at radius 2 is 1.69 bits per heavy atom. The highest BCUT2D eigenvalue weighted by atomic mass is 19.3. The highest BCUT2D eigenvalue weighted by Gasteiger charge is 2.12. The van der Waals surface area contributed by atoms with E-state index in [0.29, 0.717) is 11.4 Å². The van der Waals surface area contributed by atoms with Crippen LogP contribution < -0.4 is 15.4 Å². The van der Waals surface area contributed by atoms with Crippen LogP contribution in [0.2, 0.25) is 0 Å². The van der Waals surface area contributed by atoms with E-state index in [9.17, 15) is 23.2 Å². The maximum absolute atomic E-state index is 12.1. The number of amides is 2. The fraction of sp³-hybridized carbons (Fsp3) is 0.211. The lowest BCUT2D eigenvalue weighted by atomic mass is 10.2. The smallest absolute Gasteiger partial charge is 0.411 e. The first-order chi connectivity index (χ1) is 13.9. The van der Waals surface area contributed by atoms with Gasteiger partial charge in [-0.1, -0.05) is 6.07 Å². The molecule has 2 rings (SSSR count). The molecule has 0 aliphatic heterocycles. The molecule has 29 heavy (non-hydrogen) atoms. The van der Waals surface area contributed by atoms with Gasteiger partial charge in [0.25, 0.3) is 5.91 Å². The van der Waals surface area contributed by atoms with Crippen LogP contribution in [0.4, 0.5) is 25.0 Å². The molecule has 0 heterocycles. The molecule has 0 unspecified atom stereocenters. The van der Waals surface area contributed by atoms with Gasteiger partial charge in [-0.15, -0.1) is 0 Å². The summed E-state index contributed by atoms with van der Waals surface area (Å²) in [7, 11) is 0. The van der Waals surface area contributed by atoms with Gasteiger partial charge in [-0.05, 0) is 49.4 Å². The summed E-state index contributed by atoms with van der Waals surface area (Å²) in [5.74, 6) is -1.45. The molecule has 10 heteroatoms. The van der Waals surface area contributed by atoms with E-state index in [0.717, 1.165) is 0 Å². The number of ether oxygens (including phenoxy) is 3. The second-order valence-corrected chi connectivity index (χ2v) is 5.45. The normalized spacial score (nSPS) is 10.2. The molecule has 8 nitrogen and oxygen atoms in total. The van der Waals surface area contributed by atoms with Crippen LogP contribution in [0.15, 0.2) is 48.5 Å². The maximum atomic E-state index is 12.1. The molecular weight excluding hydrogens is 390 g/mol. The van der Waals surface area contributed by atoms with Crippen LogP contribution in [0.1, 0.15) is 17.3 Å². The van der Waals surface area contributed by atoms with Gasteiger partial charge in [-0.25, -0.2) is 9.59 Å². The Bertz CT molecular complexity index is 858. The van der Waals surface area contributed by atoms with Crippen molar-refractivity contribution in [2.75, 3.05) is 23.8 Å². The maximum Gasteiger partial charge on any atom is 0.411 e. The minimum atomic E-state index is -2.94. The van der Waals surface area contributed by atoms with Gasteiger partial charge < -0.3 is 19.5 Å². The standard InChI is InChI=1S/C19H18F2N2O6/c1-2-27-19(26)23-14-5-3-4-12(10-14)17(25)28-11-16(24)22-13-6-8-15(9-7-13)29-18(20)21/h3-10,18H,2,11H2,1H3,(H,22,24)(H,23,26). The van der Waals surface area contributed by atoms with Crippen molar-refractivity contribution in [1.29, 1.82) is 0 Å². The van der Waals surface area contributed by atoms with Crippen molar-refractivity contribution in [2.24, 2.45) is 0 Å². The number of hydrogen-bond acceptors (Lipinski definition) is 6. The van der Waals surface area contributed by atoms with E-state index in [1.165, 1.54) is 42.5 Å². The Kier molecular flexibility index (Phi) is 7.89. The quantitative estimate of drug-likeness (QED) is 0.647. The number of esters is 1. The van der Waals surface area contributed by atoms with Crippen LogP contribution in [-0.4, -0.2) is 37.8 Å². The SMILES string of the molecule is CCOC(=O)Nc1cccc(C(=O)OCC(=O)Nc2ccc(OC(F)F)cc2)c1. The first-order valence-corrected chi connectivity index (χ1v) is 8.43. The van der Waals surface area contributed by atoms with Crippen molar-refractivity contribution < 1.29 is 37.4 Å². The molecule has 0 saturated heterocycles. The van der Waals surface area contributed by atoms with Crippen molar-refractivity contribution in [1.82, 2.24) is 0 Å². The van der Waals surface area contributed by atoms with Crippen LogP contribution in [0.3, 0.4) is 0 Å². The van der Waals surface area contributed by atoms with E-state index in [2.05, 4.69) is 15.4 Å². The van der Waals surface area contributed by atoms with Crippen molar-refractivity contribution in [3.8, 4) is 5.75 Å². The van der Waals surface area contributed by atoms with E-state index in [1.807, 2.05) is 0 Å². The molecule has 0 aliphatic carbocycles. The average molecular weight is 408 g/mol. The molecule has 0 spiro atoms. The predicted molar refractivity (Wildman–Crippen MR) is 99.1 cm³/mol. The molecule has 0 atom stereocenters. The Hall–Kier alpha value is -3.69. The molecule has 154 valence electrons. The molecule has 2 aromatic rings. The zero-order chi connectivity index (χ0) is 21.2. The van der Waals surface area contributed by atoms with Crippen LogP contribution in [0.5, 0.6) is 5.75 Å². The van der Waals surface area contributed by atoms with Gasteiger partial charge in [-0.2, -0.15) is 8.78 Å². The molecular formula is C19H18F2N2O6. The number of alkyl halides is 2. The number of halogens is 2. The van der Waals surface area contributed by atoms with Gasteiger partial charge in [-0.3, -0.25) is 10.1 Å². The molecule has 0 radical (unpaired) electrons. The number of benzene rings is 2.